The minimum atomic E-state index is -0.483. The van der Waals surface area contributed by atoms with Crippen LogP contribution in [0.3, 0.4) is 0 Å². The van der Waals surface area contributed by atoms with Crippen molar-refractivity contribution in [3.63, 3.8) is 0 Å². The van der Waals surface area contributed by atoms with E-state index >= 15 is 0 Å². The van der Waals surface area contributed by atoms with Gasteiger partial charge in [-0.25, -0.2) is 5.84 Å². The molecule has 0 aliphatic carbocycles. The zero-order chi connectivity index (χ0) is 10.8. The second kappa shape index (κ2) is 4.28. The molecular formula is C10H21N3O. The number of hydrazine groups is 1. The molecule has 0 radical (unpaired) electrons. The van der Waals surface area contributed by atoms with Gasteiger partial charge in [0.15, 0.2) is 0 Å². The Morgan fingerprint density at radius 1 is 1.57 bits per heavy atom. The third kappa shape index (κ3) is 2.25. The number of likely N-dealkylation sites (tertiary alicyclic amines) is 1. The number of nitrogens with two attached hydrogens (primary N) is 1. The second-order valence-electron chi connectivity index (χ2n) is 4.73. The molecule has 1 atom stereocenters. The summed E-state index contributed by atoms with van der Waals surface area (Å²) in [5.41, 5.74) is 1.75. The van der Waals surface area contributed by atoms with Gasteiger partial charge >= 0.3 is 0 Å². The summed E-state index contributed by atoms with van der Waals surface area (Å²) in [7, 11) is 0. The lowest BCUT2D eigenvalue weighted by atomic mass is 9.93. The van der Waals surface area contributed by atoms with Crippen LogP contribution in [0.15, 0.2) is 0 Å². The van der Waals surface area contributed by atoms with Gasteiger partial charge in [0.05, 0.1) is 5.54 Å². The summed E-state index contributed by atoms with van der Waals surface area (Å²) in [5.74, 6) is 5.74. The molecule has 0 aromatic heterocycles. The van der Waals surface area contributed by atoms with Crippen LogP contribution < -0.4 is 11.3 Å². The molecule has 14 heavy (non-hydrogen) atoms. The van der Waals surface area contributed by atoms with Crippen molar-refractivity contribution >= 4 is 5.91 Å². The van der Waals surface area contributed by atoms with Gasteiger partial charge in [0.1, 0.15) is 0 Å². The van der Waals surface area contributed by atoms with Crippen molar-refractivity contribution in [1.82, 2.24) is 10.3 Å². The molecular weight excluding hydrogens is 178 g/mol. The fourth-order valence-electron chi connectivity index (χ4n) is 2.02. The van der Waals surface area contributed by atoms with E-state index in [0.29, 0.717) is 5.92 Å². The van der Waals surface area contributed by atoms with Crippen LogP contribution in [0.25, 0.3) is 0 Å². The molecule has 1 heterocycles. The van der Waals surface area contributed by atoms with E-state index in [1.165, 1.54) is 12.8 Å². The summed E-state index contributed by atoms with van der Waals surface area (Å²) in [6, 6.07) is 0. The monoisotopic (exact) mass is 199 g/mol. The topological polar surface area (TPSA) is 58.4 Å². The third-order valence-corrected chi connectivity index (χ3v) is 3.13. The highest BCUT2D eigenvalue weighted by atomic mass is 16.2. The first-order valence-electron chi connectivity index (χ1n) is 5.24. The highest BCUT2D eigenvalue weighted by Gasteiger charge is 2.35. The highest BCUT2D eigenvalue weighted by molar-refractivity contribution is 5.84. The van der Waals surface area contributed by atoms with Crippen LogP contribution in [0.2, 0.25) is 0 Å². The quantitative estimate of drug-likeness (QED) is 0.386. The van der Waals surface area contributed by atoms with Crippen molar-refractivity contribution < 1.29 is 4.79 Å². The number of amides is 1. The molecule has 1 rings (SSSR count). The Labute approximate surface area is 85.8 Å². The number of nitrogens with one attached hydrogen (secondary N) is 1. The molecule has 82 valence electrons. The fourth-order valence-corrected chi connectivity index (χ4v) is 2.02. The lowest BCUT2D eigenvalue weighted by Gasteiger charge is -2.41. The van der Waals surface area contributed by atoms with E-state index in [-0.39, 0.29) is 5.91 Å². The Morgan fingerprint density at radius 2 is 2.21 bits per heavy atom. The van der Waals surface area contributed by atoms with E-state index < -0.39 is 5.54 Å². The molecule has 0 saturated carbocycles. The predicted octanol–water partition coefficient (Wildman–Crippen LogP) is 0.487. The molecule has 0 unspecified atom stereocenters. The first-order chi connectivity index (χ1) is 6.48. The van der Waals surface area contributed by atoms with Gasteiger partial charge in [-0.3, -0.25) is 15.1 Å². The molecule has 1 fully saturated rings. The number of nitrogens with zero attached hydrogens (tertiary/aromatic N) is 1. The summed E-state index contributed by atoms with van der Waals surface area (Å²) in [6.45, 7) is 8.05. The zero-order valence-electron chi connectivity index (χ0n) is 9.34. The molecule has 1 saturated heterocycles. The number of hydrogen-bond donors (Lipinski definition) is 2. The van der Waals surface area contributed by atoms with E-state index in [2.05, 4.69) is 17.2 Å². The largest absolute Gasteiger partial charge is 0.293 e. The molecule has 0 bridgehead atoms. The number of carbonyl (C=O) groups is 1. The van der Waals surface area contributed by atoms with Gasteiger partial charge in [0.25, 0.3) is 5.91 Å². The normalized spacial score (nSPS) is 24.7. The summed E-state index contributed by atoms with van der Waals surface area (Å²) in [4.78, 5) is 13.8. The molecule has 1 aliphatic rings. The Bertz CT molecular complexity index is 215. The van der Waals surface area contributed by atoms with Crippen molar-refractivity contribution in [2.45, 2.75) is 39.2 Å². The standard InChI is InChI=1S/C10H21N3O/c1-8-5-4-6-13(7-8)10(2,3)9(14)12-11/h8H,4-7,11H2,1-3H3,(H,12,14)/t8-/m1/s1. The molecule has 0 aromatic carbocycles. The van der Waals surface area contributed by atoms with Crippen molar-refractivity contribution in [2.24, 2.45) is 11.8 Å². The van der Waals surface area contributed by atoms with Crippen LogP contribution in [0, 0.1) is 5.92 Å². The molecule has 4 heteroatoms. The molecule has 1 amide bonds. The zero-order valence-corrected chi connectivity index (χ0v) is 9.34. The molecule has 0 spiro atoms. The van der Waals surface area contributed by atoms with Gasteiger partial charge in [0, 0.05) is 6.54 Å². The number of piperidine rings is 1. The minimum absolute atomic E-state index is 0.105. The van der Waals surface area contributed by atoms with E-state index in [1.54, 1.807) is 0 Å². The molecule has 0 aromatic rings. The average Bonchev–Trinajstić information content (AvgIpc) is 2.16. The lowest BCUT2D eigenvalue weighted by molar-refractivity contribution is -0.132. The van der Waals surface area contributed by atoms with E-state index in [9.17, 15) is 4.79 Å². The summed E-state index contributed by atoms with van der Waals surface area (Å²) >= 11 is 0. The van der Waals surface area contributed by atoms with Crippen LogP contribution in [-0.4, -0.2) is 29.4 Å². The Kier molecular flexibility index (Phi) is 3.50. The van der Waals surface area contributed by atoms with E-state index in [4.69, 9.17) is 5.84 Å². The Hall–Kier alpha value is -0.610. The lowest BCUT2D eigenvalue weighted by Crippen LogP contribution is -2.58. The van der Waals surface area contributed by atoms with Gasteiger partial charge < -0.3 is 0 Å². The maximum absolute atomic E-state index is 11.6. The van der Waals surface area contributed by atoms with Crippen LogP contribution in [0.4, 0.5) is 0 Å². The smallest absolute Gasteiger partial charge is 0.253 e. The third-order valence-electron chi connectivity index (χ3n) is 3.13. The van der Waals surface area contributed by atoms with Gasteiger partial charge in [-0.05, 0) is 39.2 Å². The van der Waals surface area contributed by atoms with Gasteiger partial charge in [-0.1, -0.05) is 6.92 Å². The number of rotatable bonds is 2. The molecule has 1 aliphatic heterocycles. The van der Waals surface area contributed by atoms with E-state index in [1.807, 2.05) is 13.8 Å². The molecule has 4 nitrogen and oxygen atoms in total. The minimum Gasteiger partial charge on any atom is -0.293 e. The summed E-state index contributed by atoms with van der Waals surface area (Å²) < 4.78 is 0. The van der Waals surface area contributed by atoms with Gasteiger partial charge in [-0.2, -0.15) is 0 Å². The summed E-state index contributed by atoms with van der Waals surface area (Å²) in [6.07, 6.45) is 2.43. The van der Waals surface area contributed by atoms with Crippen molar-refractivity contribution in [1.29, 1.82) is 0 Å². The maximum atomic E-state index is 11.6. The number of carbonyl (C=O) groups excluding carboxylic acids is 1. The van der Waals surface area contributed by atoms with Crippen molar-refractivity contribution in [3.8, 4) is 0 Å². The highest BCUT2D eigenvalue weighted by Crippen LogP contribution is 2.23. The van der Waals surface area contributed by atoms with Crippen molar-refractivity contribution in [3.05, 3.63) is 0 Å². The first kappa shape index (κ1) is 11.5. The fraction of sp³-hybridized carbons (Fsp3) is 0.900. The Balaban J connectivity index is 2.66. The van der Waals surface area contributed by atoms with E-state index in [0.717, 1.165) is 13.1 Å². The average molecular weight is 199 g/mol. The van der Waals surface area contributed by atoms with Gasteiger partial charge in [0.2, 0.25) is 0 Å². The SMILES string of the molecule is C[C@@H]1CCCN(C(C)(C)C(=O)NN)C1. The van der Waals surface area contributed by atoms with Crippen molar-refractivity contribution in [2.75, 3.05) is 13.1 Å². The number of hydrogen-bond acceptors (Lipinski definition) is 3. The first-order valence-corrected chi connectivity index (χ1v) is 5.24. The van der Waals surface area contributed by atoms with Crippen LogP contribution in [-0.2, 0) is 4.79 Å². The second-order valence-corrected chi connectivity index (χ2v) is 4.73. The van der Waals surface area contributed by atoms with Gasteiger partial charge in [-0.15, -0.1) is 0 Å². The van der Waals surface area contributed by atoms with Crippen LogP contribution >= 0.6 is 0 Å². The Morgan fingerprint density at radius 3 is 2.71 bits per heavy atom. The summed E-state index contributed by atoms with van der Waals surface area (Å²) in [5, 5.41) is 0. The molecule has 3 N–H and O–H groups in total. The maximum Gasteiger partial charge on any atom is 0.253 e. The van der Waals surface area contributed by atoms with Crippen LogP contribution in [0.5, 0.6) is 0 Å². The van der Waals surface area contributed by atoms with Crippen LogP contribution in [0.1, 0.15) is 33.6 Å². The predicted molar refractivity (Wildman–Crippen MR) is 56.4 cm³/mol.